The number of nitrogens with zero attached hydrogens (tertiary/aromatic N) is 3. The highest BCUT2D eigenvalue weighted by atomic mass is 35.5. The molecule has 1 saturated heterocycles. The molecule has 2 aromatic carbocycles. The van der Waals surface area contributed by atoms with E-state index in [1.54, 1.807) is 24.3 Å². The van der Waals surface area contributed by atoms with Crippen molar-refractivity contribution in [2.45, 2.75) is 11.1 Å². The number of sulfonamides is 1. The number of amides is 1. The highest BCUT2D eigenvalue weighted by Gasteiger charge is 2.40. The monoisotopic (exact) mass is 499 g/mol. The number of aromatic nitrogens is 1. The number of hydrogen-bond acceptors (Lipinski definition) is 5. The molecule has 33 heavy (non-hydrogen) atoms. The molecule has 0 bridgehead atoms. The van der Waals surface area contributed by atoms with Crippen LogP contribution in [0.5, 0.6) is 0 Å². The Labute approximate surface area is 192 Å². The van der Waals surface area contributed by atoms with Crippen LogP contribution in [0.3, 0.4) is 0 Å². The highest BCUT2D eigenvalue weighted by Crippen LogP contribution is 2.35. The summed E-state index contributed by atoms with van der Waals surface area (Å²) in [4.78, 5) is 13.4. The standard InChI is InChI=1S/C21H17ClF3N3O4S/c22-15-7-5-14(6-8-15)18-13-17(26-32-18)20(29)27-9-11-28(12-10-27)33(30,31)19-4-2-1-3-16(19)21(23,24)25/h1-8,13H,9-12H2. The maximum atomic E-state index is 13.3. The van der Waals surface area contributed by atoms with Crippen LogP contribution in [0, 0.1) is 0 Å². The van der Waals surface area contributed by atoms with Gasteiger partial charge in [-0.1, -0.05) is 28.9 Å². The number of halogens is 4. The van der Waals surface area contributed by atoms with Gasteiger partial charge in [0.25, 0.3) is 5.91 Å². The van der Waals surface area contributed by atoms with Crippen molar-refractivity contribution in [3.8, 4) is 11.3 Å². The average molecular weight is 500 g/mol. The van der Waals surface area contributed by atoms with Crippen LogP contribution in [-0.4, -0.2) is 54.9 Å². The van der Waals surface area contributed by atoms with Crippen LogP contribution in [-0.2, 0) is 16.2 Å². The first kappa shape index (κ1) is 23.3. The molecule has 174 valence electrons. The van der Waals surface area contributed by atoms with E-state index in [0.717, 1.165) is 22.5 Å². The molecule has 0 unspecified atom stereocenters. The summed E-state index contributed by atoms with van der Waals surface area (Å²) < 4.78 is 71.8. The Morgan fingerprint density at radius 1 is 1.00 bits per heavy atom. The minimum absolute atomic E-state index is 0.00458. The molecule has 0 spiro atoms. The lowest BCUT2D eigenvalue weighted by Gasteiger charge is -2.34. The summed E-state index contributed by atoms with van der Waals surface area (Å²) >= 11 is 5.86. The van der Waals surface area contributed by atoms with E-state index >= 15 is 0 Å². The maximum Gasteiger partial charge on any atom is 0.417 e. The molecule has 7 nitrogen and oxygen atoms in total. The third-order valence-electron chi connectivity index (χ3n) is 5.19. The van der Waals surface area contributed by atoms with E-state index < -0.39 is 32.6 Å². The van der Waals surface area contributed by atoms with Gasteiger partial charge in [-0.2, -0.15) is 17.5 Å². The second kappa shape index (κ2) is 8.81. The Balaban J connectivity index is 1.46. The van der Waals surface area contributed by atoms with Crippen LogP contribution in [0.4, 0.5) is 13.2 Å². The minimum atomic E-state index is -4.81. The molecule has 0 radical (unpaired) electrons. The van der Waals surface area contributed by atoms with Crippen molar-refractivity contribution in [3.05, 3.63) is 70.9 Å². The van der Waals surface area contributed by atoms with E-state index in [-0.39, 0.29) is 31.9 Å². The smallest absolute Gasteiger partial charge is 0.355 e. The molecule has 1 aromatic heterocycles. The van der Waals surface area contributed by atoms with Gasteiger partial charge in [0.05, 0.1) is 10.5 Å². The lowest BCUT2D eigenvalue weighted by Crippen LogP contribution is -2.50. The summed E-state index contributed by atoms with van der Waals surface area (Å²) in [6, 6.07) is 12.3. The third-order valence-corrected chi connectivity index (χ3v) is 7.40. The van der Waals surface area contributed by atoms with Crippen molar-refractivity contribution in [1.82, 2.24) is 14.4 Å². The van der Waals surface area contributed by atoms with Gasteiger partial charge in [-0.3, -0.25) is 4.79 Å². The van der Waals surface area contributed by atoms with Gasteiger partial charge in [0, 0.05) is 42.8 Å². The topological polar surface area (TPSA) is 83.7 Å². The van der Waals surface area contributed by atoms with Crippen molar-refractivity contribution in [2.75, 3.05) is 26.2 Å². The fraction of sp³-hybridized carbons (Fsp3) is 0.238. The summed E-state index contributed by atoms with van der Waals surface area (Å²) in [6.07, 6.45) is -4.81. The molecule has 1 aliphatic heterocycles. The van der Waals surface area contributed by atoms with Crippen molar-refractivity contribution >= 4 is 27.5 Å². The van der Waals surface area contributed by atoms with Gasteiger partial charge >= 0.3 is 6.18 Å². The number of carbonyl (C=O) groups excluding carboxylic acids is 1. The lowest BCUT2D eigenvalue weighted by atomic mass is 10.1. The van der Waals surface area contributed by atoms with Gasteiger partial charge in [-0.25, -0.2) is 8.42 Å². The second-order valence-corrected chi connectivity index (χ2v) is 9.62. The van der Waals surface area contributed by atoms with Crippen molar-refractivity contribution in [2.24, 2.45) is 0 Å². The van der Waals surface area contributed by atoms with Gasteiger partial charge in [0.2, 0.25) is 10.0 Å². The number of alkyl halides is 3. The largest absolute Gasteiger partial charge is 0.417 e. The predicted octanol–water partition coefficient (Wildman–Crippen LogP) is 4.16. The van der Waals surface area contributed by atoms with E-state index in [1.165, 1.54) is 17.0 Å². The zero-order valence-corrected chi connectivity index (χ0v) is 18.5. The molecule has 4 rings (SSSR count). The number of piperazine rings is 1. The molecule has 0 N–H and O–H groups in total. The summed E-state index contributed by atoms with van der Waals surface area (Å²) in [7, 11) is -4.39. The van der Waals surface area contributed by atoms with Gasteiger partial charge in [-0.05, 0) is 36.4 Å². The number of rotatable bonds is 4. The van der Waals surface area contributed by atoms with Crippen LogP contribution in [0.25, 0.3) is 11.3 Å². The maximum absolute atomic E-state index is 13.3. The Morgan fingerprint density at radius 2 is 1.64 bits per heavy atom. The molecular formula is C21H17ClF3N3O4S. The molecule has 12 heteroatoms. The van der Waals surface area contributed by atoms with E-state index in [1.807, 2.05) is 0 Å². The van der Waals surface area contributed by atoms with Gasteiger partial charge in [0.15, 0.2) is 11.5 Å². The van der Waals surface area contributed by atoms with Gasteiger partial charge in [0.1, 0.15) is 0 Å². The SMILES string of the molecule is O=C(c1cc(-c2ccc(Cl)cc2)on1)N1CCN(S(=O)(=O)c2ccccc2C(F)(F)F)CC1. The summed E-state index contributed by atoms with van der Waals surface area (Å²) in [6.45, 7) is -0.310. The Morgan fingerprint density at radius 3 is 2.27 bits per heavy atom. The number of carbonyl (C=O) groups is 1. The van der Waals surface area contributed by atoms with Crippen molar-refractivity contribution < 1.29 is 30.9 Å². The fourth-order valence-electron chi connectivity index (χ4n) is 3.48. The van der Waals surface area contributed by atoms with Gasteiger partial charge < -0.3 is 9.42 Å². The first-order valence-corrected chi connectivity index (χ1v) is 11.6. The number of benzene rings is 2. The van der Waals surface area contributed by atoms with Gasteiger partial charge in [-0.15, -0.1) is 0 Å². The van der Waals surface area contributed by atoms with E-state index in [0.29, 0.717) is 16.3 Å². The molecule has 0 aliphatic carbocycles. The van der Waals surface area contributed by atoms with Crippen LogP contribution in [0.1, 0.15) is 16.1 Å². The zero-order valence-electron chi connectivity index (χ0n) is 16.9. The summed E-state index contributed by atoms with van der Waals surface area (Å²) in [5, 5.41) is 4.33. The minimum Gasteiger partial charge on any atom is -0.355 e. The molecule has 1 fully saturated rings. The third kappa shape index (κ3) is 4.75. The number of hydrogen-bond donors (Lipinski definition) is 0. The fourth-order valence-corrected chi connectivity index (χ4v) is 5.24. The summed E-state index contributed by atoms with van der Waals surface area (Å²) in [5.74, 6) is -0.105. The summed E-state index contributed by atoms with van der Waals surface area (Å²) in [5.41, 5.74) is -0.510. The predicted molar refractivity (Wildman–Crippen MR) is 113 cm³/mol. The molecule has 0 saturated carbocycles. The van der Waals surface area contributed by atoms with E-state index in [9.17, 15) is 26.4 Å². The molecule has 3 aromatic rings. The molecule has 1 amide bonds. The molecule has 1 aliphatic rings. The molecule has 2 heterocycles. The highest BCUT2D eigenvalue weighted by molar-refractivity contribution is 7.89. The van der Waals surface area contributed by atoms with Crippen LogP contribution >= 0.6 is 11.6 Å². The Kier molecular flexibility index (Phi) is 6.21. The van der Waals surface area contributed by atoms with E-state index in [4.69, 9.17) is 16.1 Å². The van der Waals surface area contributed by atoms with Crippen LogP contribution < -0.4 is 0 Å². The Hall–Kier alpha value is -2.89. The van der Waals surface area contributed by atoms with Crippen LogP contribution in [0.15, 0.2) is 64.0 Å². The van der Waals surface area contributed by atoms with Crippen molar-refractivity contribution in [3.63, 3.8) is 0 Å². The average Bonchev–Trinajstić information content (AvgIpc) is 3.29. The Bertz CT molecular complexity index is 1270. The zero-order chi connectivity index (χ0) is 23.8. The molecule has 0 atom stereocenters. The van der Waals surface area contributed by atoms with Crippen molar-refractivity contribution in [1.29, 1.82) is 0 Å². The first-order chi connectivity index (χ1) is 15.6. The normalized spacial score (nSPS) is 15.6. The molecular weight excluding hydrogens is 483 g/mol. The van der Waals surface area contributed by atoms with Crippen LogP contribution in [0.2, 0.25) is 5.02 Å². The van der Waals surface area contributed by atoms with E-state index in [2.05, 4.69) is 5.16 Å². The first-order valence-electron chi connectivity index (χ1n) is 9.75. The second-order valence-electron chi connectivity index (χ2n) is 7.27. The quantitative estimate of drug-likeness (QED) is 0.538. The lowest BCUT2D eigenvalue weighted by molar-refractivity contribution is -0.139.